The number of alkyl carbamates (subject to hydrolysis) is 1. The number of rotatable bonds is 6. The Labute approximate surface area is 202 Å². The van der Waals surface area contributed by atoms with E-state index in [-0.39, 0.29) is 19.1 Å². The number of benzene rings is 2. The van der Waals surface area contributed by atoms with Crippen molar-refractivity contribution in [1.82, 2.24) is 10.2 Å². The van der Waals surface area contributed by atoms with E-state index in [2.05, 4.69) is 5.32 Å². The van der Waals surface area contributed by atoms with Gasteiger partial charge in [0.15, 0.2) is 0 Å². The highest BCUT2D eigenvalue weighted by atomic mass is 19.3. The number of carbonyl (C=O) groups excluding carboxylic acids is 2. The van der Waals surface area contributed by atoms with Crippen molar-refractivity contribution in [1.29, 1.82) is 0 Å². The van der Waals surface area contributed by atoms with Crippen LogP contribution in [0.3, 0.4) is 0 Å². The van der Waals surface area contributed by atoms with E-state index in [1.807, 2.05) is 48.5 Å². The molecule has 4 rings (SSSR count). The number of ether oxygens (including phenoxy) is 1. The molecule has 2 aliphatic rings. The standard InChI is InChI=1S/C26H28F2N2O5/c1-15(23(31)30-12-11-26(27,28)22(13-30)24(32)33)16(2)29-25(34)35-14-21-19-9-5-3-7-17(19)18-8-4-6-10-20(18)21/h3-10,15-16,21-22H,11-14H2,1-2H3,(H,29,34)(H,32,33). The summed E-state index contributed by atoms with van der Waals surface area (Å²) in [5.41, 5.74) is 4.37. The quantitative estimate of drug-likeness (QED) is 0.641. The van der Waals surface area contributed by atoms with Crippen LogP contribution in [0.4, 0.5) is 13.6 Å². The first kappa shape index (κ1) is 24.6. The van der Waals surface area contributed by atoms with Crippen molar-refractivity contribution in [2.45, 2.75) is 38.2 Å². The van der Waals surface area contributed by atoms with Gasteiger partial charge in [0.05, 0.1) is 5.92 Å². The zero-order valence-electron chi connectivity index (χ0n) is 19.5. The van der Waals surface area contributed by atoms with Gasteiger partial charge in [0.2, 0.25) is 5.91 Å². The lowest BCUT2D eigenvalue weighted by atomic mass is 9.92. The van der Waals surface area contributed by atoms with Crippen molar-refractivity contribution in [3.05, 3.63) is 59.7 Å². The Morgan fingerprint density at radius 2 is 1.66 bits per heavy atom. The number of hydrogen-bond donors (Lipinski definition) is 2. The normalized spacial score (nSPS) is 20.3. The van der Waals surface area contributed by atoms with Crippen molar-refractivity contribution in [3.63, 3.8) is 0 Å². The molecule has 2 aromatic carbocycles. The van der Waals surface area contributed by atoms with Crippen molar-refractivity contribution in [2.75, 3.05) is 19.7 Å². The monoisotopic (exact) mass is 486 g/mol. The molecule has 1 fully saturated rings. The van der Waals surface area contributed by atoms with Gasteiger partial charge in [-0.05, 0) is 29.2 Å². The number of halogens is 2. The molecule has 0 spiro atoms. The maximum absolute atomic E-state index is 13.9. The lowest BCUT2D eigenvalue weighted by Gasteiger charge is -2.38. The van der Waals surface area contributed by atoms with Gasteiger partial charge in [-0.2, -0.15) is 0 Å². The van der Waals surface area contributed by atoms with Crippen molar-refractivity contribution < 1.29 is 33.0 Å². The Bertz CT molecular complexity index is 1090. The van der Waals surface area contributed by atoms with Gasteiger partial charge in [-0.1, -0.05) is 55.5 Å². The number of amides is 2. The van der Waals surface area contributed by atoms with Gasteiger partial charge < -0.3 is 20.1 Å². The smallest absolute Gasteiger partial charge is 0.407 e. The predicted molar refractivity (Wildman–Crippen MR) is 124 cm³/mol. The van der Waals surface area contributed by atoms with Gasteiger partial charge in [-0.25, -0.2) is 13.6 Å². The first-order chi connectivity index (χ1) is 16.6. The van der Waals surface area contributed by atoms with Gasteiger partial charge in [-0.3, -0.25) is 9.59 Å². The second kappa shape index (κ2) is 9.64. The number of fused-ring (bicyclic) bond motifs is 3. The largest absolute Gasteiger partial charge is 0.481 e. The van der Waals surface area contributed by atoms with Crippen LogP contribution < -0.4 is 5.32 Å². The molecule has 0 radical (unpaired) electrons. The maximum Gasteiger partial charge on any atom is 0.407 e. The molecule has 0 bridgehead atoms. The van der Waals surface area contributed by atoms with Gasteiger partial charge in [0.25, 0.3) is 5.92 Å². The molecule has 2 amide bonds. The molecular weight excluding hydrogens is 458 g/mol. The van der Waals surface area contributed by atoms with Crippen LogP contribution in [0.25, 0.3) is 11.1 Å². The minimum atomic E-state index is -3.36. The van der Waals surface area contributed by atoms with E-state index in [1.54, 1.807) is 13.8 Å². The number of hydrogen-bond acceptors (Lipinski definition) is 4. The highest BCUT2D eigenvalue weighted by Crippen LogP contribution is 2.44. The zero-order valence-corrected chi connectivity index (χ0v) is 19.5. The minimum absolute atomic E-state index is 0.106. The first-order valence-electron chi connectivity index (χ1n) is 11.6. The average Bonchev–Trinajstić information content (AvgIpc) is 3.15. The van der Waals surface area contributed by atoms with Crippen LogP contribution in [0.1, 0.15) is 37.3 Å². The Morgan fingerprint density at radius 3 is 2.23 bits per heavy atom. The summed E-state index contributed by atoms with van der Waals surface area (Å²) in [7, 11) is 0. The molecule has 35 heavy (non-hydrogen) atoms. The van der Waals surface area contributed by atoms with Crippen LogP contribution in [0.2, 0.25) is 0 Å². The molecule has 1 aliphatic carbocycles. The Balaban J connectivity index is 1.34. The summed E-state index contributed by atoms with van der Waals surface area (Å²) in [6, 6.07) is 15.3. The highest BCUT2D eigenvalue weighted by Gasteiger charge is 2.49. The van der Waals surface area contributed by atoms with E-state index in [4.69, 9.17) is 9.84 Å². The second-order valence-corrected chi connectivity index (χ2v) is 9.23. The molecular formula is C26H28F2N2O5. The number of nitrogens with one attached hydrogen (secondary N) is 1. The number of piperidine rings is 1. The van der Waals surface area contributed by atoms with Crippen LogP contribution in [0, 0.1) is 11.8 Å². The van der Waals surface area contributed by atoms with Crippen molar-refractivity contribution >= 4 is 18.0 Å². The summed E-state index contributed by atoms with van der Waals surface area (Å²) in [5, 5.41) is 11.8. The van der Waals surface area contributed by atoms with Gasteiger partial charge in [0, 0.05) is 31.5 Å². The molecule has 0 aromatic heterocycles. The van der Waals surface area contributed by atoms with Gasteiger partial charge in [-0.15, -0.1) is 0 Å². The molecule has 3 unspecified atom stereocenters. The number of aliphatic carboxylic acids is 1. The Morgan fingerprint density at radius 1 is 1.09 bits per heavy atom. The fourth-order valence-electron chi connectivity index (χ4n) is 4.82. The highest BCUT2D eigenvalue weighted by molar-refractivity contribution is 5.82. The van der Waals surface area contributed by atoms with Gasteiger partial charge in [0.1, 0.15) is 12.5 Å². The topological polar surface area (TPSA) is 95.9 Å². The van der Waals surface area contributed by atoms with E-state index in [1.165, 1.54) is 0 Å². The molecule has 1 heterocycles. The molecule has 0 saturated carbocycles. The average molecular weight is 487 g/mol. The first-order valence-corrected chi connectivity index (χ1v) is 11.6. The summed E-state index contributed by atoms with van der Waals surface area (Å²) in [4.78, 5) is 37.7. The maximum atomic E-state index is 13.9. The fourth-order valence-corrected chi connectivity index (χ4v) is 4.82. The SMILES string of the molecule is CC(NC(=O)OCC1c2ccccc2-c2ccccc21)C(C)C(=O)N1CCC(F)(F)C(C(=O)O)C1. The van der Waals surface area contributed by atoms with Crippen LogP contribution in [-0.4, -0.2) is 59.6 Å². The molecule has 2 N–H and O–H groups in total. The number of nitrogens with zero attached hydrogens (tertiary/aromatic N) is 1. The number of carbonyl (C=O) groups is 3. The Kier molecular flexibility index (Phi) is 6.78. The van der Waals surface area contributed by atoms with Crippen LogP contribution in [-0.2, 0) is 14.3 Å². The fraction of sp³-hybridized carbons (Fsp3) is 0.423. The Hall–Kier alpha value is -3.49. The summed E-state index contributed by atoms with van der Waals surface area (Å²) >= 11 is 0. The molecule has 2 aromatic rings. The predicted octanol–water partition coefficient (Wildman–Crippen LogP) is 4.12. The van der Waals surface area contributed by atoms with Crippen LogP contribution in [0.5, 0.6) is 0 Å². The summed E-state index contributed by atoms with van der Waals surface area (Å²) in [6.45, 7) is 2.51. The summed E-state index contributed by atoms with van der Waals surface area (Å²) < 4.78 is 33.3. The summed E-state index contributed by atoms with van der Waals surface area (Å²) in [6.07, 6.45) is -1.40. The van der Waals surface area contributed by atoms with E-state index in [9.17, 15) is 23.2 Å². The molecule has 1 aliphatic heterocycles. The third-order valence-electron chi connectivity index (χ3n) is 7.07. The lowest BCUT2D eigenvalue weighted by Crippen LogP contribution is -2.55. The van der Waals surface area contributed by atoms with E-state index in [0.29, 0.717) is 0 Å². The van der Waals surface area contributed by atoms with E-state index < -0.39 is 54.7 Å². The van der Waals surface area contributed by atoms with Crippen molar-refractivity contribution in [3.8, 4) is 11.1 Å². The third kappa shape index (κ3) is 4.85. The number of alkyl halides is 2. The number of carboxylic acid groups (broad SMARTS) is 1. The zero-order chi connectivity index (χ0) is 25.3. The second-order valence-electron chi connectivity index (χ2n) is 9.23. The molecule has 9 heteroatoms. The molecule has 186 valence electrons. The van der Waals surface area contributed by atoms with E-state index in [0.717, 1.165) is 27.2 Å². The molecule has 3 atom stereocenters. The minimum Gasteiger partial charge on any atom is -0.481 e. The van der Waals surface area contributed by atoms with Crippen LogP contribution >= 0.6 is 0 Å². The third-order valence-corrected chi connectivity index (χ3v) is 7.07. The van der Waals surface area contributed by atoms with Gasteiger partial charge >= 0.3 is 12.1 Å². The van der Waals surface area contributed by atoms with Crippen LogP contribution in [0.15, 0.2) is 48.5 Å². The molecule has 7 nitrogen and oxygen atoms in total. The lowest BCUT2D eigenvalue weighted by molar-refractivity contribution is -0.170. The van der Waals surface area contributed by atoms with Crippen molar-refractivity contribution in [2.24, 2.45) is 11.8 Å². The number of carboxylic acids is 1. The summed E-state index contributed by atoms with van der Waals surface area (Å²) in [5.74, 6) is -8.29. The number of likely N-dealkylation sites (tertiary alicyclic amines) is 1. The van der Waals surface area contributed by atoms with E-state index >= 15 is 0 Å². The molecule has 1 saturated heterocycles.